The summed E-state index contributed by atoms with van der Waals surface area (Å²) in [6.45, 7) is 7.80. The van der Waals surface area contributed by atoms with E-state index in [4.69, 9.17) is 4.74 Å². The van der Waals surface area contributed by atoms with E-state index in [1.807, 2.05) is 45.0 Å². The fraction of sp³-hybridized carbons (Fsp3) is 0.474. The lowest BCUT2D eigenvalue weighted by Crippen LogP contribution is -2.45. The summed E-state index contributed by atoms with van der Waals surface area (Å²) >= 11 is 0. The van der Waals surface area contributed by atoms with Gasteiger partial charge in [0, 0.05) is 12.2 Å². The van der Waals surface area contributed by atoms with Crippen molar-refractivity contribution in [1.29, 1.82) is 0 Å². The summed E-state index contributed by atoms with van der Waals surface area (Å²) in [5.74, 6) is 0.559. The molecule has 6 heteroatoms. The van der Waals surface area contributed by atoms with Gasteiger partial charge in [0.1, 0.15) is 5.75 Å². The number of carbonyl (C=O) groups is 1. The number of amides is 1. The first-order chi connectivity index (χ1) is 11.8. The molecule has 136 valence electrons. The zero-order chi connectivity index (χ0) is 18.6. The summed E-state index contributed by atoms with van der Waals surface area (Å²) < 4.78 is 6.86. The first-order valence-corrected chi connectivity index (χ1v) is 8.50. The van der Waals surface area contributed by atoms with Crippen molar-refractivity contribution in [2.45, 2.75) is 39.7 Å². The first kappa shape index (κ1) is 19.0. The molecular formula is C19H27N3O3. The molecule has 0 aliphatic heterocycles. The molecule has 0 saturated heterocycles. The molecule has 0 fully saturated rings. The molecule has 1 aromatic carbocycles. The van der Waals surface area contributed by atoms with Gasteiger partial charge in [0.2, 0.25) is 0 Å². The molecule has 0 radical (unpaired) electrons. The Labute approximate surface area is 148 Å². The highest BCUT2D eigenvalue weighted by molar-refractivity contribution is 5.92. The molecule has 2 rings (SSSR count). The van der Waals surface area contributed by atoms with Crippen molar-refractivity contribution in [2.24, 2.45) is 5.92 Å². The molecule has 25 heavy (non-hydrogen) atoms. The highest BCUT2D eigenvalue weighted by atomic mass is 16.5. The fourth-order valence-corrected chi connectivity index (χ4v) is 2.53. The zero-order valence-electron chi connectivity index (χ0n) is 15.5. The second-order valence-electron chi connectivity index (χ2n) is 6.63. The van der Waals surface area contributed by atoms with E-state index < -0.39 is 5.60 Å². The Kier molecular flexibility index (Phi) is 5.85. The summed E-state index contributed by atoms with van der Waals surface area (Å²) in [5, 5.41) is 17.6. The fourth-order valence-electron chi connectivity index (χ4n) is 2.53. The van der Waals surface area contributed by atoms with Crippen molar-refractivity contribution < 1.29 is 14.6 Å². The third-order valence-electron chi connectivity index (χ3n) is 4.72. The van der Waals surface area contributed by atoms with Crippen molar-refractivity contribution in [1.82, 2.24) is 15.1 Å². The number of nitrogens with one attached hydrogen (secondary N) is 1. The van der Waals surface area contributed by atoms with Crippen LogP contribution in [0.15, 0.2) is 30.3 Å². The van der Waals surface area contributed by atoms with Gasteiger partial charge in [-0.15, -0.1) is 0 Å². The van der Waals surface area contributed by atoms with Gasteiger partial charge < -0.3 is 15.2 Å². The normalized spacial score (nSPS) is 14.6. The highest BCUT2D eigenvalue weighted by Crippen LogP contribution is 2.19. The zero-order valence-corrected chi connectivity index (χ0v) is 15.5. The van der Waals surface area contributed by atoms with Crippen LogP contribution in [0.5, 0.6) is 5.75 Å². The molecule has 1 aromatic heterocycles. The van der Waals surface area contributed by atoms with Gasteiger partial charge in [-0.3, -0.25) is 4.79 Å². The van der Waals surface area contributed by atoms with Gasteiger partial charge in [0.05, 0.1) is 18.4 Å². The lowest BCUT2D eigenvalue weighted by molar-refractivity contribution is 0.00587. The largest absolute Gasteiger partial charge is 0.497 e. The van der Waals surface area contributed by atoms with Crippen molar-refractivity contribution >= 4 is 5.91 Å². The Hall–Kier alpha value is -2.34. The number of nitrogens with zero attached hydrogens (tertiary/aromatic N) is 2. The van der Waals surface area contributed by atoms with E-state index in [-0.39, 0.29) is 18.4 Å². The number of hydrogen-bond acceptors (Lipinski definition) is 4. The first-order valence-electron chi connectivity index (χ1n) is 8.50. The molecule has 2 unspecified atom stereocenters. The van der Waals surface area contributed by atoms with Crippen LogP contribution in [-0.4, -0.2) is 40.0 Å². The van der Waals surface area contributed by atoms with Crippen LogP contribution in [0, 0.1) is 12.8 Å². The third kappa shape index (κ3) is 4.39. The van der Waals surface area contributed by atoms with Gasteiger partial charge in [0.15, 0.2) is 5.69 Å². The molecule has 0 aliphatic rings. The maximum absolute atomic E-state index is 12.4. The number of ether oxygens (including phenoxy) is 1. The summed E-state index contributed by atoms with van der Waals surface area (Å²) in [4.78, 5) is 12.4. The number of hydrogen-bond donors (Lipinski definition) is 2. The SMILES string of the molecule is CCC(C)C(C)(O)CNC(=O)c1cc(C)n(-c2ccc(OC)cc2)n1. The van der Waals surface area contributed by atoms with Gasteiger partial charge in [-0.2, -0.15) is 5.10 Å². The Morgan fingerprint density at radius 1 is 1.40 bits per heavy atom. The van der Waals surface area contributed by atoms with E-state index in [0.29, 0.717) is 5.69 Å². The molecule has 2 N–H and O–H groups in total. The lowest BCUT2D eigenvalue weighted by Gasteiger charge is -2.29. The van der Waals surface area contributed by atoms with E-state index in [9.17, 15) is 9.90 Å². The molecule has 2 atom stereocenters. The van der Waals surface area contributed by atoms with E-state index in [2.05, 4.69) is 10.4 Å². The van der Waals surface area contributed by atoms with Gasteiger partial charge in [-0.25, -0.2) is 4.68 Å². The van der Waals surface area contributed by atoms with Crippen LogP contribution in [-0.2, 0) is 0 Å². The molecule has 1 amide bonds. The third-order valence-corrected chi connectivity index (χ3v) is 4.72. The van der Waals surface area contributed by atoms with E-state index in [0.717, 1.165) is 23.6 Å². The number of carbonyl (C=O) groups excluding carboxylic acids is 1. The van der Waals surface area contributed by atoms with E-state index in [1.54, 1.807) is 24.8 Å². The monoisotopic (exact) mass is 345 g/mol. The van der Waals surface area contributed by atoms with Gasteiger partial charge in [0.25, 0.3) is 5.91 Å². The minimum Gasteiger partial charge on any atom is -0.497 e. The Morgan fingerprint density at radius 2 is 2.04 bits per heavy atom. The minimum absolute atomic E-state index is 0.0893. The lowest BCUT2D eigenvalue weighted by atomic mass is 9.88. The van der Waals surface area contributed by atoms with Crippen molar-refractivity contribution in [3.05, 3.63) is 41.7 Å². The second kappa shape index (κ2) is 7.70. The van der Waals surface area contributed by atoms with Crippen molar-refractivity contribution in [3.8, 4) is 11.4 Å². The standard InChI is InChI=1S/C19H27N3O3/c1-6-13(2)19(4,24)12-20-18(23)17-11-14(3)22(21-17)15-7-9-16(25-5)10-8-15/h7-11,13,24H,6,12H2,1-5H3,(H,20,23). The number of aliphatic hydroxyl groups is 1. The van der Waals surface area contributed by atoms with Crippen molar-refractivity contribution in [3.63, 3.8) is 0 Å². The smallest absolute Gasteiger partial charge is 0.271 e. The van der Waals surface area contributed by atoms with E-state index in [1.165, 1.54) is 0 Å². The second-order valence-corrected chi connectivity index (χ2v) is 6.63. The van der Waals surface area contributed by atoms with Gasteiger partial charge in [-0.1, -0.05) is 20.3 Å². The predicted octanol–water partition coefficient (Wildman–Crippen LogP) is 2.72. The summed E-state index contributed by atoms with van der Waals surface area (Å²) in [6.07, 6.45) is 0.841. The van der Waals surface area contributed by atoms with Crippen LogP contribution in [0.2, 0.25) is 0 Å². The van der Waals surface area contributed by atoms with Gasteiger partial charge in [-0.05, 0) is 50.1 Å². The van der Waals surface area contributed by atoms with Gasteiger partial charge >= 0.3 is 0 Å². The Morgan fingerprint density at radius 3 is 2.60 bits per heavy atom. The number of aromatic nitrogens is 2. The number of rotatable bonds is 7. The predicted molar refractivity (Wildman–Crippen MR) is 97.3 cm³/mol. The summed E-state index contributed by atoms with van der Waals surface area (Å²) in [5.41, 5.74) is 1.08. The molecule has 0 bridgehead atoms. The molecule has 0 aliphatic carbocycles. The summed E-state index contributed by atoms with van der Waals surface area (Å²) in [6, 6.07) is 9.19. The molecule has 6 nitrogen and oxygen atoms in total. The number of methoxy groups -OCH3 is 1. The van der Waals surface area contributed by atoms with Crippen LogP contribution in [0.25, 0.3) is 5.69 Å². The topological polar surface area (TPSA) is 76.4 Å². The average molecular weight is 345 g/mol. The number of benzene rings is 1. The maximum Gasteiger partial charge on any atom is 0.271 e. The molecule has 0 spiro atoms. The average Bonchev–Trinajstić information content (AvgIpc) is 3.00. The minimum atomic E-state index is -0.946. The van der Waals surface area contributed by atoms with Crippen molar-refractivity contribution in [2.75, 3.05) is 13.7 Å². The van der Waals surface area contributed by atoms with Crippen LogP contribution < -0.4 is 10.1 Å². The summed E-state index contributed by atoms with van der Waals surface area (Å²) in [7, 11) is 1.62. The Balaban J connectivity index is 2.11. The maximum atomic E-state index is 12.4. The molecule has 0 saturated carbocycles. The quantitative estimate of drug-likeness (QED) is 0.809. The van der Waals surface area contributed by atoms with Crippen LogP contribution in [0.3, 0.4) is 0 Å². The van der Waals surface area contributed by atoms with E-state index >= 15 is 0 Å². The van der Waals surface area contributed by atoms with Crippen LogP contribution in [0.4, 0.5) is 0 Å². The van der Waals surface area contributed by atoms with Crippen LogP contribution in [0.1, 0.15) is 43.4 Å². The number of aryl methyl sites for hydroxylation is 1. The Bertz CT molecular complexity index is 720. The molecule has 1 heterocycles. The molecule has 2 aromatic rings. The molecular weight excluding hydrogens is 318 g/mol. The highest BCUT2D eigenvalue weighted by Gasteiger charge is 2.28. The van der Waals surface area contributed by atoms with Crippen LogP contribution >= 0.6 is 0 Å².